The summed E-state index contributed by atoms with van der Waals surface area (Å²) in [6.45, 7) is 0.922. The molecule has 2 aromatic carbocycles. The van der Waals surface area contributed by atoms with Gasteiger partial charge in [0.25, 0.3) is 0 Å². The predicted molar refractivity (Wildman–Crippen MR) is 92.5 cm³/mol. The Kier molecular flexibility index (Phi) is 6.09. The lowest BCUT2D eigenvalue weighted by atomic mass is 9.92. The molecule has 0 aliphatic carbocycles. The van der Waals surface area contributed by atoms with Gasteiger partial charge in [-0.25, -0.2) is 0 Å². The maximum Gasteiger partial charge on any atom is 0.133 e. The highest BCUT2D eigenvalue weighted by Crippen LogP contribution is 2.28. The number of methoxy groups -OCH3 is 1. The van der Waals surface area contributed by atoms with Gasteiger partial charge >= 0.3 is 0 Å². The Balaban J connectivity index is 2.19. The van der Waals surface area contributed by atoms with Crippen LogP contribution in [-0.2, 0) is 6.42 Å². The van der Waals surface area contributed by atoms with Gasteiger partial charge in [-0.1, -0.05) is 29.8 Å². The third-order valence-electron chi connectivity index (χ3n) is 3.49. The van der Waals surface area contributed by atoms with E-state index >= 15 is 0 Å². The molecule has 2 aromatic rings. The Morgan fingerprint density at radius 1 is 1.19 bits per heavy atom. The van der Waals surface area contributed by atoms with Crippen molar-refractivity contribution in [3.63, 3.8) is 0 Å². The maximum absolute atomic E-state index is 5.97. The van der Waals surface area contributed by atoms with Crippen molar-refractivity contribution < 1.29 is 4.74 Å². The van der Waals surface area contributed by atoms with Crippen LogP contribution in [0.3, 0.4) is 0 Å². The second kappa shape index (κ2) is 7.83. The first-order valence-corrected chi connectivity index (χ1v) is 8.03. The Morgan fingerprint density at radius 2 is 1.90 bits per heavy atom. The van der Waals surface area contributed by atoms with Crippen LogP contribution >= 0.6 is 27.5 Å². The molecule has 2 rings (SSSR count). The average Bonchev–Trinajstić information content (AvgIpc) is 2.48. The van der Waals surface area contributed by atoms with Crippen molar-refractivity contribution in [3.05, 3.63) is 63.1 Å². The minimum atomic E-state index is 0.410. The number of halogens is 2. The van der Waals surface area contributed by atoms with Gasteiger partial charge in [0.05, 0.1) is 11.6 Å². The van der Waals surface area contributed by atoms with Gasteiger partial charge in [0.15, 0.2) is 0 Å². The Morgan fingerprint density at radius 3 is 2.48 bits per heavy atom. The number of likely N-dealkylation sites (N-methyl/N-ethyl adjacent to an activating group) is 1. The molecule has 0 fully saturated rings. The summed E-state index contributed by atoms with van der Waals surface area (Å²) < 4.78 is 6.26. The molecule has 0 heterocycles. The fraction of sp³-hybridized carbons (Fsp3) is 0.294. The van der Waals surface area contributed by atoms with Crippen molar-refractivity contribution >= 4 is 27.5 Å². The third-order valence-corrected chi connectivity index (χ3v) is 4.36. The molecule has 0 aromatic heterocycles. The van der Waals surface area contributed by atoms with E-state index in [1.807, 2.05) is 25.2 Å². The lowest BCUT2D eigenvalue weighted by molar-refractivity contribution is 0.412. The molecule has 2 nitrogen and oxygen atoms in total. The summed E-state index contributed by atoms with van der Waals surface area (Å²) in [4.78, 5) is 0. The van der Waals surface area contributed by atoms with Crippen molar-refractivity contribution in [3.8, 4) is 5.75 Å². The highest BCUT2D eigenvalue weighted by atomic mass is 79.9. The smallest absolute Gasteiger partial charge is 0.133 e. The van der Waals surface area contributed by atoms with Crippen molar-refractivity contribution in [1.29, 1.82) is 0 Å². The minimum absolute atomic E-state index is 0.410. The molecule has 21 heavy (non-hydrogen) atoms. The standard InChI is InChI=1S/C17H19BrClNO/c1-20-11-14(13-4-6-15(19)7-5-13)9-12-3-8-17(21-2)16(18)10-12/h3-8,10,14,20H,9,11H2,1-2H3. The van der Waals surface area contributed by atoms with Gasteiger partial charge < -0.3 is 10.1 Å². The van der Waals surface area contributed by atoms with Crippen LogP contribution in [0, 0.1) is 0 Å². The van der Waals surface area contributed by atoms with Crippen LogP contribution in [0.1, 0.15) is 17.0 Å². The lowest BCUT2D eigenvalue weighted by Gasteiger charge is -2.18. The van der Waals surface area contributed by atoms with E-state index < -0.39 is 0 Å². The van der Waals surface area contributed by atoms with E-state index in [2.05, 4.69) is 45.5 Å². The van der Waals surface area contributed by atoms with Crippen LogP contribution < -0.4 is 10.1 Å². The molecule has 0 aliphatic heterocycles. The first-order valence-electron chi connectivity index (χ1n) is 6.86. The predicted octanol–water partition coefficient (Wildman–Crippen LogP) is 4.66. The normalized spacial score (nSPS) is 12.2. The van der Waals surface area contributed by atoms with Gasteiger partial charge in [-0.2, -0.15) is 0 Å². The second-order valence-corrected chi connectivity index (χ2v) is 6.27. The molecule has 0 amide bonds. The second-order valence-electron chi connectivity index (χ2n) is 4.98. The van der Waals surface area contributed by atoms with Crippen LogP contribution in [-0.4, -0.2) is 20.7 Å². The largest absolute Gasteiger partial charge is 0.496 e. The van der Waals surface area contributed by atoms with Crippen LogP contribution in [0.15, 0.2) is 46.9 Å². The first kappa shape index (κ1) is 16.3. The number of rotatable bonds is 6. The molecular weight excluding hydrogens is 350 g/mol. The molecule has 1 N–H and O–H groups in total. The highest BCUT2D eigenvalue weighted by Gasteiger charge is 2.13. The minimum Gasteiger partial charge on any atom is -0.496 e. The summed E-state index contributed by atoms with van der Waals surface area (Å²) >= 11 is 9.52. The van der Waals surface area contributed by atoms with E-state index in [9.17, 15) is 0 Å². The van der Waals surface area contributed by atoms with Crippen molar-refractivity contribution in [2.45, 2.75) is 12.3 Å². The zero-order valence-electron chi connectivity index (χ0n) is 12.2. The summed E-state index contributed by atoms with van der Waals surface area (Å²) in [7, 11) is 3.66. The fourth-order valence-corrected chi connectivity index (χ4v) is 3.12. The monoisotopic (exact) mass is 367 g/mol. The summed E-state index contributed by atoms with van der Waals surface area (Å²) in [5.74, 6) is 1.27. The Bertz CT molecular complexity index is 586. The van der Waals surface area contributed by atoms with Gasteiger partial charge in [-0.15, -0.1) is 0 Å². The van der Waals surface area contributed by atoms with Gasteiger partial charge in [0, 0.05) is 17.5 Å². The molecule has 0 saturated carbocycles. The van der Waals surface area contributed by atoms with Crippen LogP contribution in [0.4, 0.5) is 0 Å². The zero-order valence-corrected chi connectivity index (χ0v) is 14.5. The van der Waals surface area contributed by atoms with Gasteiger partial charge in [-0.3, -0.25) is 0 Å². The van der Waals surface area contributed by atoms with Crippen molar-refractivity contribution in [2.75, 3.05) is 20.7 Å². The molecule has 112 valence electrons. The highest BCUT2D eigenvalue weighted by molar-refractivity contribution is 9.10. The van der Waals surface area contributed by atoms with Crippen LogP contribution in [0.25, 0.3) is 0 Å². The van der Waals surface area contributed by atoms with E-state index in [-0.39, 0.29) is 0 Å². The van der Waals surface area contributed by atoms with Gasteiger partial charge in [0.1, 0.15) is 5.75 Å². The Labute approximate surface area is 139 Å². The van der Waals surface area contributed by atoms with E-state index in [1.54, 1.807) is 7.11 Å². The molecule has 4 heteroatoms. The molecule has 0 spiro atoms. The molecule has 0 radical (unpaired) electrons. The average molecular weight is 369 g/mol. The zero-order chi connectivity index (χ0) is 15.2. The number of nitrogens with one attached hydrogen (secondary N) is 1. The molecule has 0 saturated heterocycles. The van der Waals surface area contributed by atoms with E-state index in [0.717, 1.165) is 28.2 Å². The van der Waals surface area contributed by atoms with Crippen molar-refractivity contribution in [2.24, 2.45) is 0 Å². The SMILES string of the molecule is CNCC(Cc1ccc(OC)c(Br)c1)c1ccc(Cl)cc1. The quantitative estimate of drug-likeness (QED) is 0.801. The summed E-state index contributed by atoms with van der Waals surface area (Å²) in [5, 5.41) is 4.04. The summed E-state index contributed by atoms with van der Waals surface area (Å²) in [6.07, 6.45) is 0.963. The van der Waals surface area contributed by atoms with Gasteiger partial charge in [-0.05, 0) is 64.8 Å². The summed E-state index contributed by atoms with van der Waals surface area (Å²) in [6, 6.07) is 14.3. The van der Waals surface area contributed by atoms with E-state index in [1.165, 1.54) is 11.1 Å². The number of benzene rings is 2. The van der Waals surface area contributed by atoms with E-state index in [0.29, 0.717) is 5.92 Å². The Hall–Kier alpha value is -1.03. The molecule has 0 bridgehead atoms. The van der Waals surface area contributed by atoms with Crippen molar-refractivity contribution in [1.82, 2.24) is 5.32 Å². The fourth-order valence-electron chi connectivity index (χ4n) is 2.41. The topological polar surface area (TPSA) is 21.3 Å². The number of ether oxygens (including phenoxy) is 1. The number of hydrogen-bond donors (Lipinski definition) is 1. The van der Waals surface area contributed by atoms with Crippen LogP contribution in [0.5, 0.6) is 5.75 Å². The first-order chi connectivity index (χ1) is 10.1. The molecule has 1 unspecified atom stereocenters. The van der Waals surface area contributed by atoms with Gasteiger partial charge in [0.2, 0.25) is 0 Å². The molecular formula is C17H19BrClNO. The number of hydrogen-bond acceptors (Lipinski definition) is 2. The lowest BCUT2D eigenvalue weighted by Crippen LogP contribution is -2.19. The van der Waals surface area contributed by atoms with Crippen LogP contribution in [0.2, 0.25) is 5.02 Å². The molecule has 0 aliphatic rings. The third kappa shape index (κ3) is 4.47. The maximum atomic E-state index is 5.97. The summed E-state index contributed by atoms with van der Waals surface area (Å²) in [5.41, 5.74) is 2.57. The molecule has 1 atom stereocenters. The van der Waals surface area contributed by atoms with E-state index in [4.69, 9.17) is 16.3 Å².